The second-order valence-corrected chi connectivity index (χ2v) is 1.68. The normalized spacial score (nSPS) is 37.5. The van der Waals surface area contributed by atoms with Crippen LogP contribution in [0.1, 0.15) is 0 Å². The second-order valence-electron chi connectivity index (χ2n) is 1.68. The zero-order chi connectivity index (χ0) is 2.99. The summed E-state index contributed by atoms with van der Waals surface area (Å²) in [5.41, 5.74) is 1.08. The fraction of sp³-hybridized carbons (Fsp3) is 1.00. The number of rotatable bonds is 0. The molecule has 0 aromatic rings. The molecule has 4 heavy (non-hydrogen) atoms. The van der Waals surface area contributed by atoms with Crippen molar-refractivity contribution in [2.24, 2.45) is 0 Å². The van der Waals surface area contributed by atoms with E-state index in [-0.39, 0.29) is 0 Å². The van der Waals surface area contributed by atoms with Crippen LogP contribution in [0.15, 0.2) is 0 Å². The van der Waals surface area contributed by atoms with Gasteiger partial charge >= 0.3 is 0 Å². The minimum atomic E-state index is 1.08. The van der Waals surface area contributed by atoms with Gasteiger partial charge in [-0.1, -0.05) is 12.0 Å². The molecule has 0 bridgehead atoms. The van der Waals surface area contributed by atoms with E-state index in [0.717, 1.165) is 5.72 Å². The highest BCUT2D eigenvalue weighted by molar-refractivity contribution is 6.63. The summed E-state index contributed by atoms with van der Waals surface area (Å²) >= 11 is 0. The molecular formula is C2H6B2. The highest BCUT2D eigenvalue weighted by atomic mass is 13.8. The van der Waals surface area contributed by atoms with Crippen LogP contribution in [0.25, 0.3) is 0 Å². The third-order valence-electron chi connectivity index (χ3n) is 0.866. The van der Waals surface area contributed by atoms with E-state index >= 15 is 0 Å². The van der Waals surface area contributed by atoms with Crippen LogP contribution in [-0.2, 0) is 0 Å². The number of hydrogen-bond acceptors (Lipinski definition) is 0. The molecular weight excluding hydrogens is 45.6 g/mol. The first-order valence-corrected chi connectivity index (χ1v) is 1.89. The first-order valence-electron chi connectivity index (χ1n) is 1.89. The molecule has 20 valence electrons. The Hall–Kier alpha value is 0.130. The average Bonchev–Trinajstić information content (AvgIpc) is 1.75. The summed E-state index contributed by atoms with van der Waals surface area (Å²) in [6.07, 6.45) is 1.49. The van der Waals surface area contributed by atoms with Gasteiger partial charge in [-0.2, -0.15) is 0 Å². The number of hydrogen-bond donors (Lipinski definition) is 0. The van der Waals surface area contributed by atoms with Gasteiger partial charge in [0.25, 0.3) is 0 Å². The lowest BCUT2D eigenvalue weighted by atomic mass is 9.87. The molecule has 0 aromatic heterocycles. The van der Waals surface area contributed by atoms with Crippen LogP contribution in [0.2, 0.25) is 12.0 Å². The van der Waals surface area contributed by atoms with E-state index in [2.05, 4.69) is 7.85 Å². The first-order chi connectivity index (χ1) is 1.89. The molecule has 2 heteroatoms. The van der Waals surface area contributed by atoms with Gasteiger partial charge < -0.3 is 0 Å². The minimum absolute atomic E-state index is 1.08. The molecule has 1 atom stereocenters. The molecule has 0 saturated carbocycles. The fourth-order valence-electron chi connectivity index (χ4n) is 0.167. The molecule has 0 aromatic carbocycles. The maximum absolute atomic E-state index is 2.28. The summed E-state index contributed by atoms with van der Waals surface area (Å²) in [7, 11) is 3.76. The van der Waals surface area contributed by atoms with Gasteiger partial charge in [0.05, 0.1) is 7.85 Å². The van der Waals surface area contributed by atoms with Gasteiger partial charge in [-0.3, -0.25) is 0 Å². The Labute approximate surface area is 28.2 Å². The van der Waals surface area contributed by atoms with Crippen LogP contribution < -0.4 is 0 Å². The lowest BCUT2D eigenvalue weighted by molar-refractivity contribution is 1.56. The van der Waals surface area contributed by atoms with Crippen molar-refractivity contribution in [3.05, 3.63) is 0 Å². The molecule has 1 fully saturated rings. The van der Waals surface area contributed by atoms with E-state index in [1.54, 1.807) is 0 Å². The minimum Gasteiger partial charge on any atom is -0.0994 e. The Morgan fingerprint density at radius 1 is 2.00 bits per heavy atom. The maximum atomic E-state index is 2.28. The van der Waals surface area contributed by atoms with Crippen LogP contribution in [0.4, 0.5) is 0 Å². The first kappa shape index (κ1) is 2.37. The second kappa shape index (κ2) is 0.540. The van der Waals surface area contributed by atoms with Gasteiger partial charge in [0.2, 0.25) is 0 Å². The van der Waals surface area contributed by atoms with Crippen molar-refractivity contribution in [3.8, 4) is 0 Å². The molecule has 0 amide bonds. The maximum Gasteiger partial charge on any atom is 0.113 e. The monoisotopic (exact) mass is 52.1 g/mol. The summed E-state index contributed by atoms with van der Waals surface area (Å²) < 4.78 is 0. The largest absolute Gasteiger partial charge is 0.113 e. The average molecular weight is 51.7 g/mol. The molecule has 0 spiro atoms. The zero-order valence-corrected chi connectivity index (χ0v) is 2.99. The Kier molecular flexibility index (Phi) is 0.320. The van der Waals surface area contributed by atoms with Crippen molar-refractivity contribution >= 4 is 15.1 Å². The van der Waals surface area contributed by atoms with Gasteiger partial charge in [-0.05, 0) is 0 Å². The lowest BCUT2D eigenvalue weighted by Crippen LogP contribution is -1.54. The van der Waals surface area contributed by atoms with Gasteiger partial charge in [-0.15, -0.1) is 0 Å². The van der Waals surface area contributed by atoms with Crippen molar-refractivity contribution in [2.45, 2.75) is 12.0 Å². The Morgan fingerprint density at radius 3 is 2.25 bits per heavy atom. The van der Waals surface area contributed by atoms with Crippen LogP contribution in [0.3, 0.4) is 0 Å². The molecule has 0 nitrogen and oxygen atoms in total. The van der Waals surface area contributed by atoms with E-state index in [4.69, 9.17) is 0 Å². The van der Waals surface area contributed by atoms with E-state index in [1.807, 2.05) is 0 Å². The zero-order valence-electron chi connectivity index (χ0n) is 2.99. The summed E-state index contributed by atoms with van der Waals surface area (Å²) in [6, 6.07) is 0. The van der Waals surface area contributed by atoms with E-state index in [1.165, 1.54) is 13.6 Å². The summed E-state index contributed by atoms with van der Waals surface area (Å²) in [5.74, 6) is 0. The van der Waals surface area contributed by atoms with Gasteiger partial charge in [0.1, 0.15) is 7.28 Å². The topological polar surface area (TPSA) is 0 Å². The van der Waals surface area contributed by atoms with Crippen molar-refractivity contribution in [1.29, 1.82) is 0 Å². The van der Waals surface area contributed by atoms with Crippen LogP contribution in [0.5, 0.6) is 0 Å². The van der Waals surface area contributed by atoms with Crippen molar-refractivity contribution in [1.82, 2.24) is 0 Å². The molecule has 1 rings (SSSR count). The summed E-state index contributed by atoms with van der Waals surface area (Å²) in [5, 5.41) is 0. The summed E-state index contributed by atoms with van der Waals surface area (Å²) in [4.78, 5) is 0. The smallest absolute Gasteiger partial charge is 0.0994 e. The van der Waals surface area contributed by atoms with E-state index in [0.29, 0.717) is 0 Å². The third-order valence-corrected chi connectivity index (χ3v) is 0.866. The Bertz CT molecular complexity index is 23.2. The van der Waals surface area contributed by atoms with Crippen molar-refractivity contribution in [2.75, 3.05) is 0 Å². The standard InChI is InChI=1S/C2H6B2/c3-2-1-4-2/h2,4H,1,3H2/t2-/m0/s1. The van der Waals surface area contributed by atoms with E-state index < -0.39 is 0 Å². The molecule has 1 aliphatic rings. The van der Waals surface area contributed by atoms with Gasteiger partial charge in [0, 0.05) is 0 Å². The van der Waals surface area contributed by atoms with E-state index in [9.17, 15) is 0 Å². The molecule has 0 unspecified atom stereocenters. The molecule has 0 N–H and O–H groups in total. The van der Waals surface area contributed by atoms with Crippen molar-refractivity contribution < 1.29 is 0 Å². The molecule has 1 saturated heterocycles. The van der Waals surface area contributed by atoms with Crippen LogP contribution in [-0.4, -0.2) is 15.1 Å². The molecule has 0 aliphatic carbocycles. The quantitative estimate of drug-likeness (QED) is 0.317. The molecule has 1 heterocycles. The lowest BCUT2D eigenvalue weighted by Gasteiger charge is -1.52. The SMILES string of the molecule is B[C@H]1BC1. The van der Waals surface area contributed by atoms with Crippen molar-refractivity contribution in [3.63, 3.8) is 0 Å². The summed E-state index contributed by atoms with van der Waals surface area (Å²) in [6.45, 7) is 0. The predicted molar refractivity (Wildman–Crippen MR) is 24.2 cm³/mol. The van der Waals surface area contributed by atoms with Gasteiger partial charge in [-0.25, -0.2) is 0 Å². The molecule has 0 radical (unpaired) electrons. The Balaban J connectivity index is 2.17. The highest BCUT2D eigenvalue weighted by Gasteiger charge is 2.15. The third kappa shape index (κ3) is 0.278. The van der Waals surface area contributed by atoms with Gasteiger partial charge in [0.15, 0.2) is 0 Å². The fourth-order valence-corrected chi connectivity index (χ4v) is 0.167. The predicted octanol–water partition coefficient (Wildman–Crippen LogP) is -0.766. The Morgan fingerprint density at radius 2 is 2.25 bits per heavy atom. The highest BCUT2D eigenvalue weighted by Crippen LogP contribution is 2.20. The van der Waals surface area contributed by atoms with Crippen LogP contribution in [0, 0.1) is 0 Å². The van der Waals surface area contributed by atoms with Crippen LogP contribution >= 0.6 is 0 Å². The molecule has 1 aliphatic heterocycles.